The minimum Gasteiger partial charge on any atom is -0.444 e. The van der Waals surface area contributed by atoms with Crippen LogP contribution in [0.1, 0.15) is 26.5 Å². The van der Waals surface area contributed by atoms with Gasteiger partial charge in [0.05, 0.1) is 0 Å². The SMILES string of the molecule is CC(C)(C)OC(=O)NCC(N)Cc1ccc(Br)cn1. The van der Waals surface area contributed by atoms with Gasteiger partial charge < -0.3 is 15.8 Å². The van der Waals surface area contributed by atoms with Gasteiger partial charge in [-0.05, 0) is 48.8 Å². The highest BCUT2D eigenvalue weighted by Crippen LogP contribution is 2.09. The Labute approximate surface area is 122 Å². The molecule has 0 bridgehead atoms. The number of alkyl carbamates (subject to hydrolysis) is 1. The van der Waals surface area contributed by atoms with Crippen molar-refractivity contribution in [1.29, 1.82) is 0 Å². The summed E-state index contributed by atoms with van der Waals surface area (Å²) in [5, 5.41) is 2.65. The molecule has 5 nitrogen and oxygen atoms in total. The maximum atomic E-state index is 11.4. The molecule has 19 heavy (non-hydrogen) atoms. The molecule has 0 radical (unpaired) electrons. The normalized spacial score (nSPS) is 12.9. The molecule has 1 aromatic rings. The fraction of sp³-hybridized carbons (Fsp3) is 0.538. The number of nitrogens with one attached hydrogen (secondary N) is 1. The Hall–Kier alpha value is -1.14. The van der Waals surface area contributed by atoms with E-state index in [0.29, 0.717) is 13.0 Å². The number of amides is 1. The Morgan fingerprint density at radius 3 is 2.74 bits per heavy atom. The van der Waals surface area contributed by atoms with Crippen molar-refractivity contribution in [1.82, 2.24) is 10.3 Å². The predicted molar refractivity (Wildman–Crippen MR) is 77.9 cm³/mol. The zero-order chi connectivity index (χ0) is 14.5. The van der Waals surface area contributed by atoms with Crippen molar-refractivity contribution in [2.45, 2.75) is 38.8 Å². The topological polar surface area (TPSA) is 77.2 Å². The number of hydrogen-bond acceptors (Lipinski definition) is 4. The van der Waals surface area contributed by atoms with Crippen LogP contribution in [0.4, 0.5) is 4.79 Å². The fourth-order valence-electron chi connectivity index (χ4n) is 1.40. The van der Waals surface area contributed by atoms with Crippen LogP contribution >= 0.6 is 15.9 Å². The summed E-state index contributed by atoms with van der Waals surface area (Å²) in [6, 6.07) is 3.62. The first-order chi connectivity index (χ1) is 8.76. The number of rotatable bonds is 4. The number of carbonyl (C=O) groups is 1. The molecule has 1 rings (SSSR count). The smallest absolute Gasteiger partial charge is 0.407 e. The van der Waals surface area contributed by atoms with Crippen LogP contribution < -0.4 is 11.1 Å². The molecular weight excluding hydrogens is 310 g/mol. The van der Waals surface area contributed by atoms with E-state index in [1.807, 2.05) is 32.9 Å². The summed E-state index contributed by atoms with van der Waals surface area (Å²) in [6.07, 6.45) is 1.87. The van der Waals surface area contributed by atoms with Crippen LogP contribution in [0, 0.1) is 0 Å². The number of ether oxygens (including phenoxy) is 1. The van der Waals surface area contributed by atoms with Crippen molar-refractivity contribution in [2.75, 3.05) is 6.54 Å². The molecule has 3 N–H and O–H groups in total. The van der Waals surface area contributed by atoms with Gasteiger partial charge in [-0.3, -0.25) is 4.98 Å². The van der Waals surface area contributed by atoms with E-state index >= 15 is 0 Å². The second-order valence-electron chi connectivity index (χ2n) is 5.31. The second kappa shape index (κ2) is 6.86. The molecule has 1 atom stereocenters. The summed E-state index contributed by atoms with van der Waals surface area (Å²) >= 11 is 3.32. The first kappa shape index (κ1) is 15.9. The van der Waals surface area contributed by atoms with Crippen LogP contribution in [-0.4, -0.2) is 29.3 Å². The Bertz CT molecular complexity index is 415. The first-order valence-corrected chi connectivity index (χ1v) is 6.88. The van der Waals surface area contributed by atoms with E-state index in [-0.39, 0.29) is 6.04 Å². The molecular formula is C13H20BrN3O2. The van der Waals surface area contributed by atoms with Gasteiger partial charge in [0.1, 0.15) is 5.60 Å². The number of aromatic nitrogens is 1. The van der Waals surface area contributed by atoms with Crippen molar-refractivity contribution in [3.8, 4) is 0 Å². The average Bonchev–Trinajstić information content (AvgIpc) is 2.27. The number of halogens is 1. The van der Waals surface area contributed by atoms with E-state index in [0.717, 1.165) is 10.2 Å². The van der Waals surface area contributed by atoms with Crippen LogP contribution in [0.3, 0.4) is 0 Å². The average molecular weight is 330 g/mol. The molecule has 106 valence electrons. The number of nitrogens with two attached hydrogens (primary N) is 1. The second-order valence-corrected chi connectivity index (χ2v) is 6.23. The standard InChI is InChI=1S/C13H20BrN3O2/c1-13(2,3)19-12(18)17-8-10(15)6-11-5-4-9(14)7-16-11/h4-5,7,10H,6,8,15H2,1-3H3,(H,17,18). The third kappa shape index (κ3) is 7.12. The maximum Gasteiger partial charge on any atom is 0.407 e. The predicted octanol–water partition coefficient (Wildman–Crippen LogP) is 2.24. The molecule has 0 aliphatic carbocycles. The van der Waals surface area contributed by atoms with Crippen molar-refractivity contribution < 1.29 is 9.53 Å². The molecule has 1 aromatic heterocycles. The van der Waals surface area contributed by atoms with Gasteiger partial charge in [0.15, 0.2) is 0 Å². The number of hydrogen-bond donors (Lipinski definition) is 2. The van der Waals surface area contributed by atoms with E-state index in [9.17, 15) is 4.79 Å². The van der Waals surface area contributed by atoms with Gasteiger partial charge in [-0.25, -0.2) is 4.79 Å². The van der Waals surface area contributed by atoms with E-state index < -0.39 is 11.7 Å². The number of pyridine rings is 1. The lowest BCUT2D eigenvalue weighted by Gasteiger charge is -2.20. The summed E-state index contributed by atoms with van der Waals surface area (Å²) in [5.41, 5.74) is 6.33. The lowest BCUT2D eigenvalue weighted by atomic mass is 10.1. The molecule has 1 amide bonds. The summed E-state index contributed by atoms with van der Waals surface area (Å²) in [4.78, 5) is 15.7. The Morgan fingerprint density at radius 1 is 1.53 bits per heavy atom. The largest absolute Gasteiger partial charge is 0.444 e. The highest BCUT2D eigenvalue weighted by atomic mass is 79.9. The van der Waals surface area contributed by atoms with Crippen LogP contribution in [0.5, 0.6) is 0 Å². The van der Waals surface area contributed by atoms with E-state index in [4.69, 9.17) is 10.5 Å². The molecule has 0 spiro atoms. The van der Waals surface area contributed by atoms with Crippen molar-refractivity contribution in [3.05, 3.63) is 28.5 Å². The molecule has 0 saturated carbocycles. The third-order valence-corrected chi connectivity index (χ3v) is 2.64. The molecule has 0 aliphatic heterocycles. The van der Waals surface area contributed by atoms with Gasteiger partial charge >= 0.3 is 6.09 Å². The Kier molecular flexibility index (Phi) is 5.75. The minimum absolute atomic E-state index is 0.193. The van der Waals surface area contributed by atoms with Gasteiger partial charge in [0.25, 0.3) is 0 Å². The zero-order valence-corrected chi connectivity index (χ0v) is 13.0. The molecule has 6 heteroatoms. The summed E-state index contributed by atoms with van der Waals surface area (Å²) < 4.78 is 6.05. The molecule has 1 unspecified atom stereocenters. The van der Waals surface area contributed by atoms with Crippen LogP contribution in [0.15, 0.2) is 22.8 Å². The first-order valence-electron chi connectivity index (χ1n) is 6.09. The van der Waals surface area contributed by atoms with Gasteiger partial charge in [0.2, 0.25) is 0 Å². The van der Waals surface area contributed by atoms with Gasteiger partial charge in [0, 0.05) is 35.4 Å². The van der Waals surface area contributed by atoms with E-state index in [1.165, 1.54) is 0 Å². The fourth-order valence-corrected chi connectivity index (χ4v) is 1.63. The molecule has 1 heterocycles. The summed E-state index contributed by atoms with van der Waals surface area (Å²) in [7, 11) is 0. The maximum absolute atomic E-state index is 11.4. The van der Waals surface area contributed by atoms with Crippen LogP contribution in [0.25, 0.3) is 0 Å². The molecule has 0 saturated heterocycles. The molecule has 0 aliphatic rings. The minimum atomic E-state index is -0.499. The summed E-state index contributed by atoms with van der Waals surface area (Å²) in [5.74, 6) is 0. The lowest BCUT2D eigenvalue weighted by Crippen LogP contribution is -2.41. The Morgan fingerprint density at radius 2 is 2.21 bits per heavy atom. The van der Waals surface area contributed by atoms with Crippen molar-refractivity contribution in [3.63, 3.8) is 0 Å². The van der Waals surface area contributed by atoms with E-state index in [1.54, 1.807) is 6.20 Å². The Balaban J connectivity index is 2.33. The van der Waals surface area contributed by atoms with Gasteiger partial charge in [-0.2, -0.15) is 0 Å². The lowest BCUT2D eigenvalue weighted by molar-refractivity contribution is 0.0524. The summed E-state index contributed by atoms with van der Waals surface area (Å²) in [6.45, 7) is 5.81. The molecule has 0 aromatic carbocycles. The number of carbonyl (C=O) groups excluding carboxylic acids is 1. The van der Waals surface area contributed by atoms with Crippen LogP contribution in [-0.2, 0) is 11.2 Å². The van der Waals surface area contributed by atoms with Crippen LogP contribution in [0.2, 0.25) is 0 Å². The highest BCUT2D eigenvalue weighted by Gasteiger charge is 2.16. The van der Waals surface area contributed by atoms with Crippen molar-refractivity contribution in [2.24, 2.45) is 5.73 Å². The number of nitrogens with zero attached hydrogens (tertiary/aromatic N) is 1. The quantitative estimate of drug-likeness (QED) is 0.888. The molecule has 0 fully saturated rings. The highest BCUT2D eigenvalue weighted by molar-refractivity contribution is 9.10. The third-order valence-electron chi connectivity index (χ3n) is 2.17. The van der Waals surface area contributed by atoms with Gasteiger partial charge in [-0.15, -0.1) is 0 Å². The van der Waals surface area contributed by atoms with E-state index in [2.05, 4.69) is 26.2 Å². The monoisotopic (exact) mass is 329 g/mol. The van der Waals surface area contributed by atoms with Crippen molar-refractivity contribution >= 4 is 22.0 Å². The zero-order valence-electron chi connectivity index (χ0n) is 11.4. The van der Waals surface area contributed by atoms with Gasteiger partial charge in [-0.1, -0.05) is 0 Å².